The maximum Gasteiger partial charge on any atom is 0.242 e. The molecule has 1 aromatic carbocycles. The highest BCUT2D eigenvalue weighted by Gasteiger charge is 2.34. The molecule has 3 N–H and O–H groups in total. The predicted octanol–water partition coefficient (Wildman–Crippen LogP) is 0.580. The molecule has 0 aromatic heterocycles. The summed E-state index contributed by atoms with van der Waals surface area (Å²) in [5, 5.41) is 8.84. The highest BCUT2D eigenvalue weighted by Crippen LogP contribution is 2.23. The number of carbonyl (C=O) groups excluding carboxylic acids is 1. The van der Waals surface area contributed by atoms with Crippen molar-refractivity contribution >= 4 is 18.3 Å². The molecule has 6 heteroatoms. The first kappa shape index (κ1) is 16.8. The smallest absolute Gasteiger partial charge is 0.242 e. The van der Waals surface area contributed by atoms with Gasteiger partial charge in [0, 0.05) is 0 Å². The van der Waals surface area contributed by atoms with Crippen LogP contribution in [-0.4, -0.2) is 47.8 Å². The van der Waals surface area contributed by atoms with Crippen molar-refractivity contribution in [3.63, 3.8) is 0 Å². The number of likely N-dealkylation sites (tertiary alicyclic amines) is 1. The van der Waals surface area contributed by atoms with Gasteiger partial charge in [-0.05, 0) is 18.1 Å². The van der Waals surface area contributed by atoms with E-state index in [0.29, 0.717) is 13.1 Å². The SMILES string of the molecule is CCc1ccccc1OC1CN(C(=O)[C@@H](N)CO)C1.Cl. The third kappa shape index (κ3) is 3.62. The van der Waals surface area contributed by atoms with Crippen molar-refractivity contribution in [2.75, 3.05) is 19.7 Å². The number of nitrogens with zero attached hydrogens (tertiary/aromatic N) is 1. The Labute approximate surface area is 125 Å². The van der Waals surface area contributed by atoms with Crippen molar-refractivity contribution in [3.05, 3.63) is 29.8 Å². The lowest BCUT2D eigenvalue weighted by Gasteiger charge is -2.40. The van der Waals surface area contributed by atoms with Crippen molar-refractivity contribution in [1.29, 1.82) is 0 Å². The van der Waals surface area contributed by atoms with Crippen molar-refractivity contribution in [2.45, 2.75) is 25.5 Å². The van der Waals surface area contributed by atoms with Crippen LogP contribution < -0.4 is 10.5 Å². The van der Waals surface area contributed by atoms with E-state index in [1.54, 1.807) is 4.90 Å². The van der Waals surface area contributed by atoms with E-state index < -0.39 is 6.04 Å². The molecule has 0 aliphatic carbocycles. The molecule has 112 valence electrons. The van der Waals surface area contributed by atoms with Crippen LogP contribution in [0.2, 0.25) is 0 Å². The van der Waals surface area contributed by atoms with Gasteiger partial charge in [-0.2, -0.15) is 0 Å². The Hall–Kier alpha value is -1.30. The summed E-state index contributed by atoms with van der Waals surface area (Å²) >= 11 is 0. The molecule has 0 spiro atoms. The van der Waals surface area contributed by atoms with Crippen LogP contribution >= 0.6 is 12.4 Å². The van der Waals surface area contributed by atoms with Gasteiger partial charge in [-0.15, -0.1) is 12.4 Å². The van der Waals surface area contributed by atoms with E-state index in [4.69, 9.17) is 15.6 Å². The van der Waals surface area contributed by atoms with Gasteiger partial charge in [0.1, 0.15) is 17.9 Å². The number of halogens is 1. The number of rotatable bonds is 5. The third-order valence-corrected chi connectivity index (χ3v) is 3.32. The van der Waals surface area contributed by atoms with Gasteiger partial charge in [0.2, 0.25) is 5.91 Å². The second-order valence-electron chi connectivity index (χ2n) is 4.73. The monoisotopic (exact) mass is 300 g/mol. The number of aliphatic hydroxyl groups excluding tert-OH is 1. The number of ether oxygens (including phenoxy) is 1. The maximum atomic E-state index is 11.7. The van der Waals surface area contributed by atoms with Gasteiger partial charge in [0.15, 0.2) is 0 Å². The zero-order valence-corrected chi connectivity index (χ0v) is 12.3. The van der Waals surface area contributed by atoms with Gasteiger partial charge < -0.3 is 20.5 Å². The average Bonchev–Trinajstić information content (AvgIpc) is 2.41. The summed E-state index contributed by atoms with van der Waals surface area (Å²) in [6.45, 7) is 2.83. The number of carbonyl (C=O) groups is 1. The Morgan fingerprint density at radius 2 is 2.15 bits per heavy atom. The number of aliphatic hydroxyl groups is 1. The number of benzene rings is 1. The van der Waals surface area contributed by atoms with Crippen LogP contribution in [0.3, 0.4) is 0 Å². The largest absolute Gasteiger partial charge is 0.486 e. The van der Waals surface area contributed by atoms with E-state index in [2.05, 4.69) is 6.92 Å². The predicted molar refractivity (Wildman–Crippen MR) is 79.1 cm³/mol. The van der Waals surface area contributed by atoms with E-state index in [-0.39, 0.29) is 31.0 Å². The van der Waals surface area contributed by atoms with Crippen LogP contribution in [0.25, 0.3) is 0 Å². The number of amides is 1. The van der Waals surface area contributed by atoms with Gasteiger partial charge in [0.05, 0.1) is 19.7 Å². The minimum absolute atomic E-state index is 0. The van der Waals surface area contributed by atoms with Crippen LogP contribution in [0.15, 0.2) is 24.3 Å². The molecule has 0 saturated carbocycles. The molecule has 1 amide bonds. The molecule has 0 bridgehead atoms. The van der Waals surface area contributed by atoms with E-state index in [0.717, 1.165) is 12.2 Å². The summed E-state index contributed by atoms with van der Waals surface area (Å²) < 4.78 is 5.87. The number of hydrogen-bond donors (Lipinski definition) is 2. The lowest BCUT2D eigenvalue weighted by atomic mass is 10.1. The quantitative estimate of drug-likeness (QED) is 0.834. The molecular weight excluding hydrogens is 280 g/mol. The van der Waals surface area contributed by atoms with E-state index in [1.165, 1.54) is 5.56 Å². The molecular formula is C14H21ClN2O3. The maximum absolute atomic E-state index is 11.7. The molecule has 20 heavy (non-hydrogen) atoms. The minimum Gasteiger partial charge on any atom is -0.486 e. The van der Waals surface area contributed by atoms with Gasteiger partial charge in [0.25, 0.3) is 0 Å². The van der Waals surface area contributed by atoms with Gasteiger partial charge in [-0.1, -0.05) is 25.1 Å². The molecule has 0 unspecified atom stereocenters. The zero-order chi connectivity index (χ0) is 13.8. The molecule has 1 aromatic rings. The number of nitrogens with two attached hydrogens (primary N) is 1. The van der Waals surface area contributed by atoms with Crippen molar-refractivity contribution in [3.8, 4) is 5.75 Å². The molecule has 0 radical (unpaired) electrons. The number of aryl methyl sites for hydroxylation is 1. The number of hydrogen-bond acceptors (Lipinski definition) is 4. The Kier molecular flexibility index (Phi) is 6.26. The highest BCUT2D eigenvalue weighted by molar-refractivity contribution is 5.85. The molecule has 1 aliphatic heterocycles. The fourth-order valence-corrected chi connectivity index (χ4v) is 2.10. The van der Waals surface area contributed by atoms with Crippen LogP contribution in [0, 0.1) is 0 Å². The Morgan fingerprint density at radius 1 is 1.50 bits per heavy atom. The van der Waals surface area contributed by atoms with E-state index in [1.807, 2.05) is 24.3 Å². The number of para-hydroxylation sites is 1. The highest BCUT2D eigenvalue weighted by atomic mass is 35.5. The lowest BCUT2D eigenvalue weighted by molar-refractivity contribution is -0.142. The van der Waals surface area contributed by atoms with Gasteiger partial charge in [-0.3, -0.25) is 4.79 Å². The second kappa shape index (κ2) is 7.47. The summed E-state index contributed by atoms with van der Waals surface area (Å²) in [4.78, 5) is 13.3. The van der Waals surface area contributed by atoms with E-state index >= 15 is 0 Å². The van der Waals surface area contributed by atoms with Gasteiger partial charge in [-0.25, -0.2) is 0 Å². The zero-order valence-electron chi connectivity index (χ0n) is 11.5. The topological polar surface area (TPSA) is 75.8 Å². The summed E-state index contributed by atoms with van der Waals surface area (Å²) in [5.41, 5.74) is 6.65. The fraction of sp³-hybridized carbons (Fsp3) is 0.500. The Morgan fingerprint density at radius 3 is 2.75 bits per heavy atom. The van der Waals surface area contributed by atoms with Crippen molar-refractivity contribution in [1.82, 2.24) is 4.90 Å². The summed E-state index contributed by atoms with van der Waals surface area (Å²) in [6.07, 6.45) is 0.934. The Bertz CT molecular complexity index is 450. The standard InChI is InChI=1S/C14H20N2O3.ClH/c1-2-10-5-3-4-6-13(10)19-11-7-16(8-11)14(18)12(15)9-17;/h3-6,11-12,17H,2,7-9,15H2,1H3;1H/t12-;/m0./s1. The molecule has 1 heterocycles. The van der Waals surface area contributed by atoms with Gasteiger partial charge >= 0.3 is 0 Å². The van der Waals surface area contributed by atoms with Crippen LogP contribution in [-0.2, 0) is 11.2 Å². The molecule has 1 atom stereocenters. The first-order valence-electron chi connectivity index (χ1n) is 6.55. The average molecular weight is 301 g/mol. The fourth-order valence-electron chi connectivity index (χ4n) is 2.10. The summed E-state index contributed by atoms with van der Waals surface area (Å²) in [6, 6.07) is 7.10. The first-order valence-corrected chi connectivity index (χ1v) is 6.55. The first-order chi connectivity index (χ1) is 9.15. The summed E-state index contributed by atoms with van der Waals surface area (Å²) in [7, 11) is 0. The van der Waals surface area contributed by atoms with Crippen LogP contribution in [0.5, 0.6) is 5.75 Å². The summed E-state index contributed by atoms with van der Waals surface area (Å²) in [5.74, 6) is 0.666. The normalized spacial score (nSPS) is 16.1. The van der Waals surface area contributed by atoms with Crippen molar-refractivity contribution < 1.29 is 14.6 Å². The molecule has 1 aliphatic rings. The Balaban J connectivity index is 0.00000200. The minimum atomic E-state index is -0.816. The molecule has 1 saturated heterocycles. The molecule has 1 fully saturated rings. The lowest BCUT2D eigenvalue weighted by Crippen LogP contribution is -2.60. The second-order valence-corrected chi connectivity index (χ2v) is 4.73. The van der Waals surface area contributed by atoms with Crippen LogP contribution in [0.1, 0.15) is 12.5 Å². The van der Waals surface area contributed by atoms with Crippen LogP contribution in [0.4, 0.5) is 0 Å². The van der Waals surface area contributed by atoms with Crippen molar-refractivity contribution in [2.24, 2.45) is 5.73 Å². The molecule has 2 rings (SSSR count). The molecule has 5 nitrogen and oxygen atoms in total. The third-order valence-electron chi connectivity index (χ3n) is 3.32. The van der Waals surface area contributed by atoms with E-state index in [9.17, 15) is 4.79 Å².